The molecule has 0 spiro atoms. The van der Waals surface area contributed by atoms with Gasteiger partial charge in [0.05, 0.1) is 0 Å². The predicted molar refractivity (Wildman–Crippen MR) is 52.1 cm³/mol. The van der Waals surface area contributed by atoms with E-state index in [4.69, 9.17) is 0 Å². The maximum absolute atomic E-state index is 11.1. The fraction of sp³-hybridized carbons (Fsp3) is 0.625. The Morgan fingerprint density at radius 1 is 1.67 bits per heavy atom. The van der Waals surface area contributed by atoms with Gasteiger partial charge in [0.2, 0.25) is 5.91 Å². The molecule has 1 saturated heterocycles. The van der Waals surface area contributed by atoms with Crippen LogP contribution in [0.15, 0.2) is 11.1 Å². The lowest BCUT2D eigenvalue weighted by atomic mass is 9.99. The van der Waals surface area contributed by atoms with Gasteiger partial charge in [0.25, 0.3) is 0 Å². The zero-order chi connectivity index (χ0) is 8.97. The summed E-state index contributed by atoms with van der Waals surface area (Å²) in [5.41, 5.74) is 0. The van der Waals surface area contributed by atoms with E-state index in [1.807, 2.05) is 0 Å². The second kappa shape index (κ2) is 4.62. The summed E-state index contributed by atoms with van der Waals surface area (Å²) < 4.78 is 0.808. The van der Waals surface area contributed by atoms with Gasteiger partial charge in [-0.1, -0.05) is 22.5 Å². The first-order chi connectivity index (χ1) is 5.68. The van der Waals surface area contributed by atoms with Gasteiger partial charge in [0, 0.05) is 17.4 Å². The van der Waals surface area contributed by atoms with Crippen LogP contribution in [0, 0.1) is 5.92 Å². The summed E-state index contributed by atoms with van der Waals surface area (Å²) in [6.07, 6.45) is 0.632. The molecule has 1 amide bonds. The van der Waals surface area contributed by atoms with Crippen molar-refractivity contribution < 1.29 is 4.79 Å². The lowest BCUT2D eigenvalue weighted by Gasteiger charge is -2.26. The van der Waals surface area contributed by atoms with E-state index in [2.05, 4.69) is 33.1 Å². The number of rotatable bonds is 4. The third-order valence-electron chi connectivity index (χ3n) is 1.82. The topological polar surface area (TPSA) is 41.1 Å². The van der Waals surface area contributed by atoms with Crippen molar-refractivity contribution in [3.05, 3.63) is 11.1 Å². The number of carbonyl (C=O) groups is 1. The molecule has 0 aliphatic carbocycles. The average molecular weight is 233 g/mol. The van der Waals surface area contributed by atoms with Crippen molar-refractivity contribution in [2.75, 3.05) is 19.6 Å². The van der Waals surface area contributed by atoms with E-state index < -0.39 is 0 Å². The summed E-state index contributed by atoms with van der Waals surface area (Å²) in [5, 5.41) is 5.89. The minimum Gasteiger partial charge on any atom is -0.352 e. The Bertz CT molecular complexity index is 189. The predicted octanol–water partition coefficient (Wildman–Crippen LogP) is 0.621. The molecule has 0 radical (unpaired) electrons. The average Bonchev–Trinajstić information content (AvgIpc) is 1.93. The van der Waals surface area contributed by atoms with Crippen molar-refractivity contribution in [3.63, 3.8) is 0 Å². The Balaban J connectivity index is 2.06. The van der Waals surface area contributed by atoms with Crippen molar-refractivity contribution in [1.29, 1.82) is 0 Å². The van der Waals surface area contributed by atoms with E-state index in [0.29, 0.717) is 18.9 Å². The van der Waals surface area contributed by atoms with Crippen LogP contribution in [0.2, 0.25) is 0 Å². The van der Waals surface area contributed by atoms with Gasteiger partial charge in [0.15, 0.2) is 0 Å². The summed E-state index contributed by atoms with van der Waals surface area (Å²) in [6, 6.07) is 0. The molecular weight excluding hydrogens is 220 g/mol. The largest absolute Gasteiger partial charge is 0.352 e. The molecule has 2 N–H and O–H groups in total. The zero-order valence-electron chi connectivity index (χ0n) is 6.90. The Morgan fingerprint density at radius 2 is 2.33 bits per heavy atom. The summed E-state index contributed by atoms with van der Waals surface area (Å²) in [6.45, 7) is 6.11. The van der Waals surface area contributed by atoms with Crippen LogP contribution in [0.3, 0.4) is 0 Å². The highest BCUT2D eigenvalue weighted by molar-refractivity contribution is 9.11. The number of amides is 1. The highest BCUT2D eigenvalue weighted by Gasteiger charge is 2.19. The van der Waals surface area contributed by atoms with E-state index in [-0.39, 0.29) is 5.91 Å². The van der Waals surface area contributed by atoms with Gasteiger partial charge in [0.1, 0.15) is 0 Å². The molecule has 1 fully saturated rings. The van der Waals surface area contributed by atoms with Crippen LogP contribution in [0.5, 0.6) is 0 Å². The van der Waals surface area contributed by atoms with E-state index in [0.717, 1.165) is 17.6 Å². The van der Waals surface area contributed by atoms with Crippen LogP contribution < -0.4 is 10.6 Å². The highest BCUT2D eigenvalue weighted by Crippen LogP contribution is 2.07. The Morgan fingerprint density at radius 3 is 2.75 bits per heavy atom. The molecule has 12 heavy (non-hydrogen) atoms. The molecule has 4 heteroatoms. The molecule has 0 bridgehead atoms. The minimum atomic E-state index is 0.113. The van der Waals surface area contributed by atoms with Crippen LogP contribution in [-0.4, -0.2) is 25.5 Å². The number of hydrogen-bond acceptors (Lipinski definition) is 2. The van der Waals surface area contributed by atoms with Crippen molar-refractivity contribution in [2.24, 2.45) is 5.92 Å². The molecule has 0 unspecified atom stereocenters. The van der Waals surface area contributed by atoms with Crippen molar-refractivity contribution in [2.45, 2.75) is 6.42 Å². The van der Waals surface area contributed by atoms with Crippen LogP contribution in [0.1, 0.15) is 6.42 Å². The van der Waals surface area contributed by atoms with Crippen molar-refractivity contribution in [1.82, 2.24) is 10.6 Å². The molecule has 1 aliphatic rings. The van der Waals surface area contributed by atoms with E-state index >= 15 is 0 Å². The first-order valence-corrected chi connectivity index (χ1v) is 4.78. The standard InChI is InChI=1S/C8H13BrN2O/c1-6(9)3-11-8(12)2-7-4-10-5-7/h7,10H,1-5H2,(H,11,12). The third kappa shape index (κ3) is 3.36. The van der Waals surface area contributed by atoms with Crippen LogP contribution in [0.25, 0.3) is 0 Å². The second-order valence-electron chi connectivity index (χ2n) is 3.02. The van der Waals surface area contributed by atoms with Gasteiger partial charge in [-0.15, -0.1) is 0 Å². The second-order valence-corrected chi connectivity index (χ2v) is 4.14. The molecule has 3 nitrogen and oxygen atoms in total. The number of hydrogen-bond donors (Lipinski definition) is 2. The van der Waals surface area contributed by atoms with E-state index in [1.54, 1.807) is 0 Å². The fourth-order valence-corrected chi connectivity index (χ4v) is 1.16. The fourth-order valence-electron chi connectivity index (χ4n) is 1.02. The number of carbonyl (C=O) groups excluding carboxylic acids is 1. The Hall–Kier alpha value is -0.350. The lowest BCUT2D eigenvalue weighted by molar-refractivity contribution is -0.122. The van der Waals surface area contributed by atoms with E-state index in [9.17, 15) is 4.79 Å². The van der Waals surface area contributed by atoms with Gasteiger partial charge in [-0.05, 0) is 19.0 Å². The van der Waals surface area contributed by atoms with Crippen LogP contribution >= 0.6 is 15.9 Å². The molecule has 68 valence electrons. The molecule has 0 atom stereocenters. The van der Waals surface area contributed by atoms with Crippen LogP contribution in [0.4, 0.5) is 0 Å². The van der Waals surface area contributed by atoms with E-state index in [1.165, 1.54) is 0 Å². The molecule has 0 saturated carbocycles. The number of nitrogens with one attached hydrogen (secondary N) is 2. The SMILES string of the molecule is C=C(Br)CNC(=O)CC1CNC1. The summed E-state index contributed by atoms with van der Waals surface area (Å²) in [7, 11) is 0. The number of halogens is 1. The van der Waals surface area contributed by atoms with Gasteiger partial charge in [-0.25, -0.2) is 0 Å². The van der Waals surface area contributed by atoms with Gasteiger partial charge in [-0.2, -0.15) is 0 Å². The highest BCUT2D eigenvalue weighted by atomic mass is 79.9. The minimum absolute atomic E-state index is 0.113. The zero-order valence-corrected chi connectivity index (χ0v) is 8.49. The van der Waals surface area contributed by atoms with Gasteiger partial charge < -0.3 is 10.6 Å². The quantitative estimate of drug-likeness (QED) is 0.747. The first-order valence-electron chi connectivity index (χ1n) is 3.99. The van der Waals surface area contributed by atoms with Gasteiger partial charge >= 0.3 is 0 Å². The molecule has 1 rings (SSSR count). The Kier molecular flexibility index (Phi) is 3.75. The first kappa shape index (κ1) is 9.74. The smallest absolute Gasteiger partial charge is 0.220 e. The molecular formula is C8H13BrN2O. The molecule has 1 heterocycles. The Labute approximate surface area is 80.7 Å². The summed E-state index contributed by atoms with van der Waals surface area (Å²) in [4.78, 5) is 11.1. The molecule has 1 aliphatic heterocycles. The van der Waals surface area contributed by atoms with Crippen molar-refractivity contribution in [3.8, 4) is 0 Å². The van der Waals surface area contributed by atoms with Crippen molar-refractivity contribution >= 4 is 21.8 Å². The third-order valence-corrected chi connectivity index (χ3v) is 2.10. The van der Waals surface area contributed by atoms with Gasteiger partial charge in [-0.3, -0.25) is 4.79 Å². The lowest BCUT2D eigenvalue weighted by Crippen LogP contribution is -2.44. The normalized spacial score (nSPS) is 16.8. The monoisotopic (exact) mass is 232 g/mol. The summed E-state index contributed by atoms with van der Waals surface area (Å²) in [5.74, 6) is 0.649. The maximum atomic E-state index is 11.1. The summed E-state index contributed by atoms with van der Waals surface area (Å²) >= 11 is 3.18. The maximum Gasteiger partial charge on any atom is 0.220 e. The molecule has 0 aromatic rings. The van der Waals surface area contributed by atoms with Crippen LogP contribution in [-0.2, 0) is 4.79 Å². The molecule has 0 aromatic heterocycles. The molecule has 0 aromatic carbocycles.